The molecule has 1 aromatic heterocycles. The van der Waals surface area contributed by atoms with E-state index in [9.17, 15) is 9.90 Å². The monoisotopic (exact) mass is 700 g/mol. The number of anilines is 1. The fraction of sp³-hybridized carbons (Fsp3) is 0.564. The zero-order valence-corrected chi connectivity index (χ0v) is 32.0. The highest BCUT2D eigenvalue weighted by Gasteiger charge is 2.57. The lowest BCUT2D eigenvalue weighted by Gasteiger charge is -2.53. The standard InChI is InChI=1S/C39H56N6O4Si/c1-38(2,3)49-37(47)44-23-24-45(34-31-20-21-40-25-32(31)41-36(42-34)48-27-28-15-14-22-43(28)7)33(26-44)35(46)50(39(4,5)6,29-16-10-8-11-17-29)30-18-12-9-13-19-30/h8-13,16-19,28,33,35,40,46H,14-15,20-27H2,1-7H3/t28-,33?,35?/m0/s1. The van der Waals surface area contributed by atoms with Crippen LogP contribution in [0.2, 0.25) is 5.04 Å². The summed E-state index contributed by atoms with van der Waals surface area (Å²) in [4.78, 5) is 30.2. The van der Waals surface area contributed by atoms with E-state index >= 15 is 0 Å². The number of benzene rings is 2. The number of aromatic nitrogens is 2. The number of likely N-dealkylation sites (tertiary alicyclic amines) is 1. The van der Waals surface area contributed by atoms with Gasteiger partial charge in [0.05, 0.1) is 17.5 Å². The van der Waals surface area contributed by atoms with E-state index in [1.807, 2.05) is 32.9 Å². The van der Waals surface area contributed by atoms with Crippen molar-refractivity contribution in [1.82, 2.24) is 25.1 Å². The van der Waals surface area contributed by atoms with Crippen LogP contribution in [0.3, 0.4) is 0 Å². The number of rotatable bonds is 8. The zero-order chi connectivity index (χ0) is 35.7. The third-order valence-corrected chi connectivity index (χ3v) is 16.9. The van der Waals surface area contributed by atoms with Gasteiger partial charge in [0.25, 0.3) is 0 Å². The topological polar surface area (TPSA) is 103 Å². The first-order chi connectivity index (χ1) is 23.8. The molecule has 0 bridgehead atoms. The van der Waals surface area contributed by atoms with Gasteiger partial charge in [-0.2, -0.15) is 9.97 Å². The van der Waals surface area contributed by atoms with Gasteiger partial charge in [-0.05, 0) is 65.2 Å². The first kappa shape index (κ1) is 36.3. The number of carbonyl (C=O) groups excluding carboxylic acids is 1. The number of nitrogens with one attached hydrogen (secondary N) is 1. The number of ether oxygens (including phenoxy) is 2. The fourth-order valence-electron chi connectivity index (χ4n) is 8.32. The van der Waals surface area contributed by atoms with Gasteiger partial charge in [0.1, 0.15) is 18.0 Å². The molecular formula is C39H56N6O4Si. The van der Waals surface area contributed by atoms with Crippen molar-refractivity contribution < 1.29 is 19.4 Å². The number of nitrogens with zero attached hydrogens (tertiary/aromatic N) is 5. The van der Waals surface area contributed by atoms with Crippen molar-refractivity contribution in [2.24, 2.45) is 0 Å². The number of amides is 1. The highest BCUT2D eigenvalue weighted by Crippen LogP contribution is 2.41. The molecule has 3 atom stereocenters. The molecule has 270 valence electrons. The molecule has 3 aliphatic rings. The Hall–Kier alpha value is -3.51. The minimum Gasteiger partial charge on any atom is -0.462 e. The second kappa shape index (κ2) is 14.6. The molecule has 2 fully saturated rings. The van der Waals surface area contributed by atoms with E-state index in [0.717, 1.165) is 59.8 Å². The van der Waals surface area contributed by atoms with Crippen LogP contribution in [0.4, 0.5) is 10.6 Å². The second-order valence-electron chi connectivity index (χ2n) is 16.2. The largest absolute Gasteiger partial charge is 0.462 e. The van der Waals surface area contributed by atoms with Gasteiger partial charge in [-0.25, -0.2) is 4.79 Å². The van der Waals surface area contributed by atoms with Gasteiger partial charge in [-0.1, -0.05) is 91.8 Å². The zero-order valence-electron chi connectivity index (χ0n) is 31.0. The summed E-state index contributed by atoms with van der Waals surface area (Å²) in [5, 5.41) is 18.9. The molecule has 2 saturated heterocycles. The van der Waals surface area contributed by atoms with E-state index < -0.39 is 25.4 Å². The minimum atomic E-state index is -3.07. The Morgan fingerprint density at radius 3 is 2.22 bits per heavy atom. The summed E-state index contributed by atoms with van der Waals surface area (Å²) >= 11 is 0. The number of hydrogen-bond donors (Lipinski definition) is 2. The normalized spacial score (nSPS) is 21.1. The van der Waals surface area contributed by atoms with Gasteiger partial charge in [0, 0.05) is 37.8 Å². The molecule has 4 heterocycles. The van der Waals surface area contributed by atoms with Crippen molar-refractivity contribution in [3.05, 3.63) is 71.9 Å². The van der Waals surface area contributed by atoms with E-state index in [4.69, 9.17) is 19.4 Å². The maximum Gasteiger partial charge on any atom is 0.410 e. The molecule has 3 aromatic rings. The Labute approximate surface area is 299 Å². The maximum atomic E-state index is 13.7. The summed E-state index contributed by atoms with van der Waals surface area (Å²) in [5.74, 6) is 0.803. The van der Waals surface area contributed by atoms with Gasteiger partial charge in [-0.15, -0.1) is 0 Å². The summed E-state index contributed by atoms with van der Waals surface area (Å²) in [6.07, 6.45) is 2.66. The summed E-state index contributed by atoms with van der Waals surface area (Å²) in [6.45, 7) is 16.7. The average molecular weight is 701 g/mol. The Morgan fingerprint density at radius 2 is 1.64 bits per heavy atom. The Bertz CT molecular complexity index is 1570. The summed E-state index contributed by atoms with van der Waals surface area (Å²) in [6, 6.07) is 21.3. The van der Waals surface area contributed by atoms with Crippen LogP contribution in [0.25, 0.3) is 0 Å². The molecule has 2 unspecified atom stereocenters. The molecule has 11 heteroatoms. The molecule has 6 rings (SSSR count). The van der Waals surface area contributed by atoms with E-state index in [1.54, 1.807) is 4.90 Å². The number of fused-ring (bicyclic) bond motifs is 1. The molecule has 2 N–H and O–H groups in total. The molecule has 10 nitrogen and oxygen atoms in total. The highest BCUT2D eigenvalue weighted by atomic mass is 28.3. The predicted molar refractivity (Wildman–Crippen MR) is 201 cm³/mol. The van der Waals surface area contributed by atoms with Crippen molar-refractivity contribution in [3.63, 3.8) is 0 Å². The number of carbonyl (C=O) groups is 1. The quantitative estimate of drug-likeness (QED) is 0.338. The molecule has 0 radical (unpaired) electrons. The third kappa shape index (κ3) is 7.28. The first-order valence-electron chi connectivity index (χ1n) is 18.3. The lowest BCUT2D eigenvalue weighted by molar-refractivity contribution is 0.0181. The van der Waals surface area contributed by atoms with Gasteiger partial charge < -0.3 is 34.6 Å². The molecule has 0 saturated carbocycles. The van der Waals surface area contributed by atoms with Gasteiger partial charge >= 0.3 is 12.1 Å². The molecular weight excluding hydrogens is 645 g/mol. The average Bonchev–Trinajstić information content (AvgIpc) is 3.50. The first-order valence-corrected chi connectivity index (χ1v) is 20.3. The number of aliphatic hydroxyl groups is 1. The van der Waals surface area contributed by atoms with E-state index in [-0.39, 0.29) is 11.1 Å². The molecule has 1 amide bonds. The highest BCUT2D eigenvalue weighted by molar-refractivity contribution is 7.05. The third-order valence-electron chi connectivity index (χ3n) is 10.8. The summed E-state index contributed by atoms with van der Waals surface area (Å²) < 4.78 is 12.3. The number of likely N-dealkylation sites (N-methyl/N-ethyl adjacent to an activating group) is 1. The van der Waals surface area contributed by atoms with Crippen LogP contribution < -0.4 is 25.3 Å². The Morgan fingerprint density at radius 1 is 0.980 bits per heavy atom. The van der Waals surface area contributed by atoms with E-state index in [2.05, 4.69) is 91.5 Å². The van der Waals surface area contributed by atoms with Gasteiger partial charge in [0.15, 0.2) is 8.07 Å². The van der Waals surface area contributed by atoms with Crippen LogP contribution in [0.15, 0.2) is 60.7 Å². The van der Waals surface area contributed by atoms with Crippen LogP contribution in [0.5, 0.6) is 6.01 Å². The van der Waals surface area contributed by atoms with E-state index in [1.165, 1.54) is 0 Å². The summed E-state index contributed by atoms with van der Waals surface area (Å²) in [5.41, 5.74) is 0.545. The van der Waals surface area contributed by atoms with Crippen LogP contribution in [0.1, 0.15) is 65.6 Å². The summed E-state index contributed by atoms with van der Waals surface area (Å²) in [7, 11) is -0.929. The van der Waals surface area contributed by atoms with Crippen molar-refractivity contribution in [2.75, 3.05) is 51.3 Å². The lowest BCUT2D eigenvalue weighted by atomic mass is 10.0. The van der Waals surface area contributed by atoms with Crippen LogP contribution in [0, 0.1) is 0 Å². The fourth-order valence-corrected chi connectivity index (χ4v) is 14.3. The predicted octanol–water partition coefficient (Wildman–Crippen LogP) is 3.98. The van der Waals surface area contributed by atoms with Crippen molar-refractivity contribution >= 4 is 30.4 Å². The number of hydrogen-bond acceptors (Lipinski definition) is 9. The van der Waals surface area contributed by atoms with E-state index in [0.29, 0.717) is 44.8 Å². The van der Waals surface area contributed by atoms with Crippen molar-refractivity contribution in [3.8, 4) is 6.01 Å². The molecule has 3 aliphatic heterocycles. The minimum absolute atomic E-state index is 0.292. The second-order valence-corrected chi connectivity index (χ2v) is 21.1. The number of aliphatic hydroxyl groups excluding tert-OH is 1. The SMILES string of the molecule is CN1CCC[C@H]1COc1nc2c(c(N3CCN(C(=O)OC(C)(C)C)CC3C(O)[Si](c3ccccc3)(c3ccccc3)C(C)(C)C)n1)CCNC2. The molecule has 50 heavy (non-hydrogen) atoms. The maximum absolute atomic E-state index is 13.7. The lowest BCUT2D eigenvalue weighted by Crippen LogP contribution is -2.77. The van der Waals surface area contributed by atoms with Gasteiger partial charge in [-0.3, -0.25) is 0 Å². The van der Waals surface area contributed by atoms with Crippen LogP contribution >= 0.6 is 0 Å². The molecule has 0 aliphatic carbocycles. The van der Waals surface area contributed by atoms with Crippen LogP contribution in [-0.2, 0) is 17.7 Å². The van der Waals surface area contributed by atoms with Crippen molar-refractivity contribution in [1.29, 1.82) is 0 Å². The number of piperazine rings is 1. The Balaban J connectivity index is 1.49. The van der Waals surface area contributed by atoms with Crippen molar-refractivity contribution in [2.45, 2.75) is 95.8 Å². The molecule has 0 spiro atoms. The van der Waals surface area contributed by atoms with Crippen LogP contribution in [-0.4, -0.2) is 109 Å². The smallest absolute Gasteiger partial charge is 0.410 e. The van der Waals surface area contributed by atoms with Gasteiger partial charge in [0.2, 0.25) is 0 Å². The molecule has 2 aromatic carbocycles. The Kier molecular flexibility index (Phi) is 10.6.